The molecule has 3 nitrogen and oxygen atoms in total. The largest absolute Gasteiger partial charge is 0.396 e. The highest BCUT2D eigenvalue weighted by Crippen LogP contribution is 2.32. The number of nitrogens with one attached hydrogen (secondary N) is 1. The van der Waals surface area contributed by atoms with Gasteiger partial charge in [-0.05, 0) is 24.6 Å². The van der Waals surface area contributed by atoms with E-state index in [1.807, 2.05) is 48.5 Å². The van der Waals surface area contributed by atoms with Crippen LogP contribution >= 0.6 is 11.6 Å². The SMILES string of the molecule is CC(Nc1c(N)cnc2ccccc12)c1ccccc1Cl. The number of aromatic nitrogens is 1. The summed E-state index contributed by atoms with van der Waals surface area (Å²) < 4.78 is 0. The van der Waals surface area contributed by atoms with Crippen LogP contribution in [-0.4, -0.2) is 4.98 Å². The average molecular weight is 298 g/mol. The summed E-state index contributed by atoms with van der Waals surface area (Å²) in [6.07, 6.45) is 1.68. The Labute approximate surface area is 128 Å². The van der Waals surface area contributed by atoms with Gasteiger partial charge in [-0.25, -0.2) is 0 Å². The van der Waals surface area contributed by atoms with Crippen LogP contribution < -0.4 is 11.1 Å². The van der Waals surface area contributed by atoms with E-state index in [1.165, 1.54) is 0 Å². The van der Waals surface area contributed by atoms with Gasteiger partial charge in [0, 0.05) is 10.4 Å². The summed E-state index contributed by atoms with van der Waals surface area (Å²) in [5, 5.41) is 5.22. The van der Waals surface area contributed by atoms with Crippen LogP contribution in [0.3, 0.4) is 0 Å². The van der Waals surface area contributed by atoms with E-state index < -0.39 is 0 Å². The summed E-state index contributed by atoms with van der Waals surface area (Å²) in [7, 11) is 0. The molecule has 3 aromatic rings. The van der Waals surface area contributed by atoms with Gasteiger partial charge in [0.2, 0.25) is 0 Å². The molecule has 0 aliphatic heterocycles. The number of benzene rings is 2. The topological polar surface area (TPSA) is 50.9 Å². The summed E-state index contributed by atoms with van der Waals surface area (Å²) in [4.78, 5) is 4.35. The van der Waals surface area contributed by atoms with Crippen molar-refractivity contribution in [3.63, 3.8) is 0 Å². The van der Waals surface area contributed by atoms with Crippen LogP contribution in [0.4, 0.5) is 11.4 Å². The van der Waals surface area contributed by atoms with Gasteiger partial charge < -0.3 is 11.1 Å². The molecule has 1 aromatic heterocycles. The lowest BCUT2D eigenvalue weighted by atomic mass is 10.1. The molecule has 1 unspecified atom stereocenters. The monoisotopic (exact) mass is 297 g/mol. The van der Waals surface area contributed by atoms with Crippen LogP contribution in [0.5, 0.6) is 0 Å². The Morgan fingerprint density at radius 2 is 1.81 bits per heavy atom. The van der Waals surface area contributed by atoms with Crippen molar-refractivity contribution in [1.82, 2.24) is 4.98 Å². The van der Waals surface area contributed by atoms with Crippen molar-refractivity contribution in [1.29, 1.82) is 0 Å². The Hall–Kier alpha value is -2.26. The van der Waals surface area contributed by atoms with Gasteiger partial charge in [-0.15, -0.1) is 0 Å². The molecule has 0 saturated carbocycles. The van der Waals surface area contributed by atoms with Crippen molar-refractivity contribution in [3.05, 3.63) is 65.3 Å². The maximum absolute atomic E-state index is 6.26. The lowest BCUT2D eigenvalue weighted by Crippen LogP contribution is -2.09. The molecule has 106 valence electrons. The van der Waals surface area contributed by atoms with Gasteiger partial charge in [0.25, 0.3) is 0 Å². The minimum Gasteiger partial charge on any atom is -0.396 e. The number of pyridine rings is 1. The molecule has 3 rings (SSSR count). The fourth-order valence-corrected chi connectivity index (χ4v) is 2.74. The number of hydrogen-bond donors (Lipinski definition) is 2. The zero-order chi connectivity index (χ0) is 14.8. The molecule has 0 aliphatic rings. The molecular weight excluding hydrogens is 282 g/mol. The molecule has 0 saturated heterocycles. The second-order valence-electron chi connectivity index (χ2n) is 4.99. The Morgan fingerprint density at radius 3 is 2.62 bits per heavy atom. The van der Waals surface area contributed by atoms with Crippen molar-refractivity contribution in [2.45, 2.75) is 13.0 Å². The molecule has 3 N–H and O–H groups in total. The third-order valence-corrected chi connectivity index (χ3v) is 3.88. The van der Waals surface area contributed by atoms with E-state index >= 15 is 0 Å². The van der Waals surface area contributed by atoms with E-state index in [2.05, 4.69) is 17.2 Å². The molecule has 4 heteroatoms. The number of fused-ring (bicyclic) bond motifs is 1. The lowest BCUT2D eigenvalue weighted by molar-refractivity contribution is 0.887. The van der Waals surface area contributed by atoms with Crippen LogP contribution in [0.25, 0.3) is 10.9 Å². The van der Waals surface area contributed by atoms with E-state index in [9.17, 15) is 0 Å². The van der Waals surface area contributed by atoms with Gasteiger partial charge in [-0.2, -0.15) is 0 Å². The number of rotatable bonds is 3. The van der Waals surface area contributed by atoms with Gasteiger partial charge in [-0.1, -0.05) is 48.0 Å². The first-order valence-corrected chi connectivity index (χ1v) is 7.19. The average Bonchev–Trinajstić information content (AvgIpc) is 2.50. The number of para-hydroxylation sites is 1. The van der Waals surface area contributed by atoms with Crippen molar-refractivity contribution < 1.29 is 0 Å². The second kappa shape index (κ2) is 5.62. The fraction of sp³-hybridized carbons (Fsp3) is 0.118. The normalized spacial score (nSPS) is 12.3. The molecule has 0 radical (unpaired) electrons. The van der Waals surface area contributed by atoms with Gasteiger partial charge in [0.15, 0.2) is 0 Å². The molecule has 0 fully saturated rings. The van der Waals surface area contributed by atoms with Gasteiger partial charge in [0.05, 0.1) is 29.1 Å². The van der Waals surface area contributed by atoms with E-state index in [-0.39, 0.29) is 6.04 Å². The molecule has 0 bridgehead atoms. The zero-order valence-corrected chi connectivity index (χ0v) is 12.4. The minimum absolute atomic E-state index is 0.0480. The number of halogens is 1. The quantitative estimate of drug-likeness (QED) is 0.740. The maximum atomic E-state index is 6.26. The predicted molar refractivity (Wildman–Crippen MR) is 89.6 cm³/mol. The number of nitrogen functional groups attached to an aromatic ring is 1. The molecular formula is C17H16ClN3. The highest BCUT2D eigenvalue weighted by molar-refractivity contribution is 6.31. The third kappa shape index (κ3) is 2.65. The summed E-state index contributed by atoms with van der Waals surface area (Å²) in [6.45, 7) is 2.07. The summed E-state index contributed by atoms with van der Waals surface area (Å²) >= 11 is 6.26. The van der Waals surface area contributed by atoms with Gasteiger partial charge in [0.1, 0.15) is 0 Å². The van der Waals surface area contributed by atoms with Crippen molar-refractivity contribution >= 4 is 33.9 Å². The number of anilines is 2. The van der Waals surface area contributed by atoms with Crippen LogP contribution in [0.2, 0.25) is 5.02 Å². The summed E-state index contributed by atoms with van der Waals surface area (Å²) in [5.74, 6) is 0. The molecule has 1 atom stereocenters. The van der Waals surface area contributed by atoms with Crippen LogP contribution in [0.1, 0.15) is 18.5 Å². The van der Waals surface area contributed by atoms with E-state index in [0.717, 1.165) is 27.2 Å². The van der Waals surface area contributed by atoms with Crippen molar-refractivity contribution in [2.24, 2.45) is 0 Å². The molecule has 0 spiro atoms. The van der Waals surface area contributed by atoms with Crippen LogP contribution in [0.15, 0.2) is 54.7 Å². The number of hydrogen-bond acceptors (Lipinski definition) is 3. The first-order valence-electron chi connectivity index (χ1n) is 6.81. The van der Waals surface area contributed by atoms with Gasteiger partial charge >= 0.3 is 0 Å². The third-order valence-electron chi connectivity index (χ3n) is 3.54. The first kappa shape index (κ1) is 13.7. The smallest absolute Gasteiger partial charge is 0.0743 e. The lowest BCUT2D eigenvalue weighted by Gasteiger charge is -2.19. The summed E-state index contributed by atoms with van der Waals surface area (Å²) in [6, 6.07) is 15.8. The Kier molecular flexibility index (Phi) is 3.67. The molecule has 21 heavy (non-hydrogen) atoms. The minimum atomic E-state index is 0.0480. The second-order valence-corrected chi connectivity index (χ2v) is 5.40. The fourth-order valence-electron chi connectivity index (χ4n) is 2.44. The standard InChI is InChI=1S/C17H16ClN3/c1-11(12-6-2-4-8-14(12)18)21-17-13-7-3-5-9-16(13)20-10-15(17)19/h2-11H,19H2,1H3,(H,20,21). The van der Waals surface area contributed by atoms with Gasteiger partial charge in [-0.3, -0.25) is 4.98 Å². The Bertz CT molecular complexity index is 786. The maximum Gasteiger partial charge on any atom is 0.0743 e. The molecule has 2 aromatic carbocycles. The first-order chi connectivity index (χ1) is 10.2. The van der Waals surface area contributed by atoms with Crippen LogP contribution in [-0.2, 0) is 0 Å². The summed E-state index contributed by atoms with van der Waals surface area (Å²) in [5.41, 5.74) is 9.58. The van der Waals surface area contributed by atoms with E-state index in [1.54, 1.807) is 6.20 Å². The molecule has 0 amide bonds. The number of nitrogens with zero attached hydrogens (tertiary/aromatic N) is 1. The Morgan fingerprint density at radius 1 is 1.10 bits per heavy atom. The van der Waals surface area contributed by atoms with Crippen molar-refractivity contribution in [2.75, 3.05) is 11.1 Å². The highest BCUT2D eigenvalue weighted by Gasteiger charge is 2.13. The Balaban J connectivity index is 2.02. The molecule has 1 heterocycles. The highest BCUT2D eigenvalue weighted by atomic mass is 35.5. The van der Waals surface area contributed by atoms with Crippen molar-refractivity contribution in [3.8, 4) is 0 Å². The predicted octanol–water partition coefficient (Wildman–Crippen LogP) is 4.64. The van der Waals surface area contributed by atoms with Crippen LogP contribution in [0, 0.1) is 0 Å². The zero-order valence-electron chi connectivity index (χ0n) is 11.7. The molecule has 0 aliphatic carbocycles. The number of nitrogens with two attached hydrogens (primary N) is 1. The van der Waals surface area contributed by atoms with E-state index in [0.29, 0.717) is 5.69 Å². The van der Waals surface area contributed by atoms with E-state index in [4.69, 9.17) is 17.3 Å².